The first kappa shape index (κ1) is 11.7. The molecule has 1 rings (SSSR count). The predicted molar refractivity (Wildman–Crippen MR) is 59.7 cm³/mol. The van der Waals surface area contributed by atoms with Crippen molar-refractivity contribution in [2.45, 2.75) is 32.6 Å². The molecule has 4 nitrogen and oxygen atoms in total. The van der Waals surface area contributed by atoms with Crippen molar-refractivity contribution in [1.29, 1.82) is 5.26 Å². The summed E-state index contributed by atoms with van der Waals surface area (Å²) in [5, 5.41) is 13.4. The molecule has 0 fully saturated rings. The van der Waals surface area contributed by atoms with Gasteiger partial charge in [-0.3, -0.25) is 4.79 Å². The second-order valence-electron chi connectivity index (χ2n) is 4.17. The maximum Gasteiger partial charge on any atom is 0.240 e. The summed E-state index contributed by atoms with van der Waals surface area (Å²) in [4.78, 5) is 15.4. The van der Waals surface area contributed by atoms with Crippen LogP contribution in [0.1, 0.15) is 32.9 Å². The zero-order valence-corrected chi connectivity index (χ0v) is 9.81. The van der Waals surface area contributed by atoms with Crippen molar-refractivity contribution in [2.24, 2.45) is 0 Å². The Labute approximate surface area is 92.9 Å². The lowest BCUT2D eigenvalue weighted by atomic mass is 9.93. The molecule has 0 radical (unpaired) electrons. The fourth-order valence-electron chi connectivity index (χ4n) is 0.911. The SMILES string of the molecule is CC(C)(C)c1csc(NC(=O)CC#N)n1. The van der Waals surface area contributed by atoms with Crippen LogP contribution >= 0.6 is 11.3 Å². The van der Waals surface area contributed by atoms with Crippen LogP contribution in [0.4, 0.5) is 5.13 Å². The third-order valence-corrected chi connectivity index (χ3v) is 2.52. The van der Waals surface area contributed by atoms with Crippen molar-refractivity contribution in [1.82, 2.24) is 4.98 Å². The molecule has 1 aromatic heterocycles. The Bertz CT molecular complexity index is 398. The van der Waals surface area contributed by atoms with Crippen LogP contribution in [0.3, 0.4) is 0 Å². The van der Waals surface area contributed by atoms with Gasteiger partial charge < -0.3 is 5.32 Å². The number of nitrogens with one attached hydrogen (secondary N) is 1. The molecule has 80 valence electrons. The van der Waals surface area contributed by atoms with E-state index in [4.69, 9.17) is 5.26 Å². The Morgan fingerprint density at radius 2 is 2.33 bits per heavy atom. The van der Waals surface area contributed by atoms with Gasteiger partial charge in [-0.15, -0.1) is 11.3 Å². The van der Waals surface area contributed by atoms with E-state index < -0.39 is 0 Å². The van der Waals surface area contributed by atoms with E-state index in [0.29, 0.717) is 5.13 Å². The molecule has 1 amide bonds. The van der Waals surface area contributed by atoms with Gasteiger partial charge in [0.05, 0.1) is 11.8 Å². The van der Waals surface area contributed by atoms with E-state index in [-0.39, 0.29) is 17.7 Å². The fourth-order valence-corrected chi connectivity index (χ4v) is 1.86. The molecule has 1 aromatic rings. The molecular weight excluding hydrogens is 210 g/mol. The average Bonchev–Trinajstić information content (AvgIpc) is 2.52. The van der Waals surface area contributed by atoms with E-state index in [2.05, 4.69) is 31.1 Å². The zero-order valence-electron chi connectivity index (χ0n) is 9.00. The number of amides is 1. The highest BCUT2D eigenvalue weighted by molar-refractivity contribution is 7.13. The topological polar surface area (TPSA) is 65.8 Å². The molecule has 0 unspecified atom stereocenters. The molecule has 5 heteroatoms. The Morgan fingerprint density at radius 3 is 2.80 bits per heavy atom. The van der Waals surface area contributed by atoms with Gasteiger partial charge in [0.15, 0.2) is 5.13 Å². The maximum atomic E-state index is 11.1. The van der Waals surface area contributed by atoms with E-state index in [1.807, 2.05) is 5.38 Å². The summed E-state index contributed by atoms with van der Waals surface area (Å²) in [6.45, 7) is 6.18. The van der Waals surface area contributed by atoms with Crippen molar-refractivity contribution in [3.05, 3.63) is 11.1 Å². The molecule has 0 aromatic carbocycles. The Morgan fingerprint density at radius 1 is 1.67 bits per heavy atom. The number of carbonyl (C=O) groups is 1. The number of hydrogen-bond acceptors (Lipinski definition) is 4. The number of hydrogen-bond donors (Lipinski definition) is 1. The minimum Gasteiger partial charge on any atom is -0.301 e. The van der Waals surface area contributed by atoms with Crippen LogP contribution in [0.15, 0.2) is 5.38 Å². The van der Waals surface area contributed by atoms with Crippen LogP contribution in [0.5, 0.6) is 0 Å². The zero-order chi connectivity index (χ0) is 11.5. The number of nitriles is 1. The summed E-state index contributed by atoms with van der Waals surface area (Å²) < 4.78 is 0. The lowest BCUT2D eigenvalue weighted by Gasteiger charge is -2.14. The van der Waals surface area contributed by atoms with Crippen LogP contribution in [-0.4, -0.2) is 10.9 Å². The smallest absolute Gasteiger partial charge is 0.240 e. The molecule has 1 heterocycles. The van der Waals surface area contributed by atoms with Gasteiger partial charge in [-0.05, 0) is 0 Å². The third kappa shape index (κ3) is 3.33. The lowest BCUT2D eigenvalue weighted by Crippen LogP contribution is -2.13. The summed E-state index contributed by atoms with van der Waals surface area (Å²) in [5.41, 5.74) is 0.925. The highest BCUT2D eigenvalue weighted by atomic mass is 32.1. The van der Waals surface area contributed by atoms with Crippen LogP contribution < -0.4 is 5.32 Å². The number of aromatic nitrogens is 1. The van der Waals surface area contributed by atoms with Gasteiger partial charge in [-0.1, -0.05) is 20.8 Å². The first-order valence-electron chi connectivity index (χ1n) is 4.56. The van der Waals surface area contributed by atoms with Gasteiger partial charge in [0, 0.05) is 10.8 Å². The maximum absolute atomic E-state index is 11.1. The van der Waals surface area contributed by atoms with Crippen molar-refractivity contribution in [3.8, 4) is 6.07 Å². The third-order valence-electron chi connectivity index (χ3n) is 1.76. The van der Waals surface area contributed by atoms with E-state index in [9.17, 15) is 4.79 Å². The summed E-state index contributed by atoms with van der Waals surface area (Å²) in [7, 11) is 0. The molecule has 0 saturated carbocycles. The number of rotatable bonds is 2. The Balaban J connectivity index is 2.70. The van der Waals surface area contributed by atoms with Gasteiger partial charge in [0.25, 0.3) is 0 Å². The molecule has 15 heavy (non-hydrogen) atoms. The molecule has 0 saturated heterocycles. The number of nitrogens with zero attached hydrogens (tertiary/aromatic N) is 2. The van der Waals surface area contributed by atoms with Crippen LogP contribution in [-0.2, 0) is 10.2 Å². The molecule has 0 aliphatic carbocycles. The molecule has 0 spiro atoms. The summed E-state index contributed by atoms with van der Waals surface area (Å²) >= 11 is 1.38. The van der Waals surface area contributed by atoms with E-state index in [1.165, 1.54) is 11.3 Å². The standard InChI is InChI=1S/C10H13N3OS/c1-10(2,3)7-6-15-9(12-7)13-8(14)4-5-11/h6H,4H2,1-3H3,(H,12,13,14). The Kier molecular flexibility index (Phi) is 3.43. The van der Waals surface area contributed by atoms with Crippen LogP contribution in [0.25, 0.3) is 0 Å². The first-order chi connectivity index (χ1) is 6.93. The number of thiazole rings is 1. The first-order valence-corrected chi connectivity index (χ1v) is 5.44. The normalized spacial score (nSPS) is 10.8. The second kappa shape index (κ2) is 4.41. The van der Waals surface area contributed by atoms with Crippen molar-refractivity contribution >= 4 is 22.4 Å². The van der Waals surface area contributed by atoms with Gasteiger partial charge in [0.1, 0.15) is 6.42 Å². The molecule has 1 N–H and O–H groups in total. The minimum absolute atomic E-state index is 0.0191. The Hall–Kier alpha value is -1.41. The van der Waals surface area contributed by atoms with Gasteiger partial charge in [-0.2, -0.15) is 5.26 Å². The van der Waals surface area contributed by atoms with E-state index in [0.717, 1.165) is 5.69 Å². The van der Waals surface area contributed by atoms with Gasteiger partial charge in [-0.25, -0.2) is 4.98 Å². The quantitative estimate of drug-likeness (QED) is 0.836. The molecule has 0 atom stereocenters. The largest absolute Gasteiger partial charge is 0.301 e. The molecule has 0 bridgehead atoms. The highest BCUT2D eigenvalue weighted by Crippen LogP contribution is 2.26. The second-order valence-corrected chi connectivity index (χ2v) is 5.03. The van der Waals surface area contributed by atoms with E-state index >= 15 is 0 Å². The average molecular weight is 223 g/mol. The molecule has 0 aliphatic heterocycles. The fraction of sp³-hybridized carbons (Fsp3) is 0.500. The van der Waals surface area contributed by atoms with Crippen LogP contribution in [0, 0.1) is 11.3 Å². The summed E-state index contributed by atoms with van der Waals surface area (Å²) in [6.07, 6.45) is -0.134. The summed E-state index contributed by atoms with van der Waals surface area (Å²) in [5.74, 6) is -0.313. The molecular formula is C10H13N3OS. The van der Waals surface area contributed by atoms with Gasteiger partial charge in [0.2, 0.25) is 5.91 Å². The monoisotopic (exact) mass is 223 g/mol. The highest BCUT2D eigenvalue weighted by Gasteiger charge is 2.17. The number of anilines is 1. The minimum atomic E-state index is -0.313. The van der Waals surface area contributed by atoms with E-state index in [1.54, 1.807) is 6.07 Å². The van der Waals surface area contributed by atoms with Gasteiger partial charge >= 0.3 is 0 Å². The number of carbonyl (C=O) groups excluding carboxylic acids is 1. The summed E-state index contributed by atoms with van der Waals surface area (Å²) in [6, 6.07) is 1.79. The predicted octanol–water partition coefficient (Wildman–Crippen LogP) is 2.29. The van der Waals surface area contributed by atoms with Crippen LogP contribution in [0.2, 0.25) is 0 Å². The van der Waals surface area contributed by atoms with Crippen molar-refractivity contribution in [2.75, 3.05) is 5.32 Å². The van der Waals surface area contributed by atoms with Crippen molar-refractivity contribution < 1.29 is 4.79 Å². The lowest BCUT2D eigenvalue weighted by molar-refractivity contribution is -0.115. The molecule has 0 aliphatic rings. The van der Waals surface area contributed by atoms with Crippen molar-refractivity contribution in [3.63, 3.8) is 0 Å².